The van der Waals surface area contributed by atoms with Crippen molar-refractivity contribution in [3.05, 3.63) is 0 Å². The van der Waals surface area contributed by atoms with Gasteiger partial charge in [-0.1, -0.05) is 0 Å². The normalized spacial score (nSPS) is 52.6. The van der Waals surface area contributed by atoms with E-state index < -0.39 is 24.1 Å². The maximum Gasteiger partial charge on any atom is 0.186 e. The van der Waals surface area contributed by atoms with Gasteiger partial charge in [0.05, 0.1) is 6.61 Å². The quantitative estimate of drug-likeness (QED) is 0.326. The molecule has 1 rings (SSSR count). The van der Waals surface area contributed by atoms with Crippen molar-refractivity contribution >= 4 is 0 Å². The fourth-order valence-corrected chi connectivity index (χ4v) is 0.985. The SMILES string of the molecule is C[C@]1(O)C(O)OC[C@@H](O)[C@@H]1O. The maximum atomic E-state index is 9.30. The topological polar surface area (TPSA) is 90.2 Å². The van der Waals surface area contributed by atoms with E-state index in [0.29, 0.717) is 0 Å². The summed E-state index contributed by atoms with van der Waals surface area (Å²) in [5.74, 6) is 0. The van der Waals surface area contributed by atoms with Crippen molar-refractivity contribution < 1.29 is 25.2 Å². The van der Waals surface area contributed by atoms with Crippen LogP contribution in [0.25, 0.3) is 0 Å². The smallest absolute Gasteiger partial charge is 0.186 e. The lowest BCUT2D eigenvalue weighted by atomic mass is 9.92. The fourth-order valence-electron chi connectivity index (χ4n) is 0.985. The Hall–Kier alpha value is -0.200. The van der Waals surface area contributed by atoms with E-state index in [9.17, 15) is 5.11 Å². The van der Waals surface area contributed by atoms with Crippen LogP contribution in [0, 0.1) is 0 Å². The fraction of sp³-hybridized carbons (Fsp3) is 1.00. The Morgan fingerprint density at radius 2 is 1.91 bits per heavy atom. The van der Waals surface area contributed by atoms with Gasteiger partial charge < -0.3 is 25.2 Å². The van der Waals surface area contributed by atoms with Crippen molar-refractivity contribution in [1.82, 2.24) is 0 Å². The van der Waals surface area contributed by atoms with Crippen LogP contribution in [-0.4, -0.2) is 51.1 Å². The van der Waals surface area contributed by atoms with E-state index in [2.05, 4.69) is 4.74 Å². The van der Waals surface area contributed by atoms with Crippen LogP contribution >= 0.6 is 0 Å². The molecule has 11 heavy (non-hydrogen) atoms. The third-order valence-electron chi connectivity index (χ3n) is 1.89. The Bertz CT molecular complexity index is 146. The van der Waals surface area contributed by atoms with E-state index in [-0.39, 0.29) is 6.61 Å². The zero-order valence-electron chi connectivity index (χ0n) is 6.14. The van der Waals surface area contributed by atoms with Crippen LogP contribution < -0.4 is 0 Å². The zero-order chi connectivity index (χ0) is 8.65. The molecule has 5 nitrogen and oxygen atoms in total. The average molecular weight is 164 g/mol. The Morgan fingerprint density at radius 3 is 2.36 bits per heavy atom. The van der Waals surface area contributed by atoms with E-state index in [1.54, 1.807) is 0 Å². The van der Waals surface area contributed by atoms with E-state index in [1.165, 1.54) is 6.92 Å². The van der Waals surface area contributed by atoms with Crippen molar-refractivity contribution in [2.75, 3.05) is 6.61 Å². The predicted octanol–water partition coefficient (Wildman–Crippen LogP) is -2.19. The maximum absolute atomic E-state index is 9.30. The Balaban J connectivity index is 2.72. The second-order valence-electron chi connectivity index (χ2n) is 2.92. The van der Waals surface area contributed by atoms with Gasteiger partial charge in [-0.2, -0.15) is 0 Å². The molecule has 0 saturated carbocycles. The average Bonchev–Trinajstić information content (AvgIpc) is 1.95. The number of rotatable bonds is 0. The Labute approximate surface area is 63.8 Å². The van der Waals surface area contributed by atoms with Crippen molar-refractivity contribution in [2.24, 2.45) is 0 Å². The monoisotopic (exact) mass is 164 g/mol. The van der Waals surface area contributed by atoms with E-state index >= 15 is 0 Å². The summed E-state index contributed by atoms with van der Waals surface area (Å²) in [6, 6.07) is 0. The molecule has 1 aliphatic rings. The van der Waals surface area contributed by atoms with Crippen LogP contribution in [0.15, 0.2) is 0 Å². The highest BCUT2D eigenvalue weighted by Gasteiger charge is 2.46. The first-order valence-electron chi connectivity index (χ1n) is 3.34. The highest BCUT2D eigenvalue weighted by atomic mass is 16.6. The molecule has 0 spiro atoms. The molecule has 1 heterocycles. The molecular formula is C6H12O5. The molecule has 0 amide bonds. The Morgan fingerprint density at radius 1 is 1.36 bits per heavy atom. The van der Waals surface area contributed by atoms with Crippen molar-refractivity contribution in [2.45, 2.75) is 31.0 Å². The molecule has 1 aliphatic heterocycles. The molecule has 5 heteroatoms. The summed E-state index contributed by atoms with van der Waals surface area (Å²) in [5, 5.41) is 36.4. The second kappa shape index (κ2) is 2.69. The van der Waals surface area contributed by atoms with Gasteiger partial charge in [-0.15, -0.1) is 0 Å². The molecular weight excluding hydrogens is 152 g/mol. The molecule has 66 valence electrons. The largest absolute Gasteiger partial charge is 0.388 e. The third-order valence-corrected chi connectivity index (χ3v) is 1.89. The summed E-state index contributed by atoms with van der Waals surface area (Å²) in [6.07, 6.45) is -3.96. The summed E-state index contributed by atoms with van der Waals surface area (Å²) in [4.78, 5) is 0. The van der Waals surface area contributed by atoms with Gasteiger partial charge in [0.15, 0.2) is 6.29 Å². The zero-order valence-corrected chi connectivity index (χ0v) is 6.14. The lowest BCUT2D eigenvalue weighted by Crippen LogP contribution is -2.61. The number of hydrogen-bond donors (Lipinski definition) is 4. The highest BCUT2D eigenvalue weighted by Crippen LogP contribution is 2.23. The summed E-state index contributed by atoms with van der Waals surface area (Å²) in [5.41, 5.74) is -1.79. The van der Waals surface area contributed by atoms with Crippen molar-refractivity contribution in [3.63, 3.8) is 0 Å². The van der Waals surface area contributed by atoms with Gasteiger partial charge in [0.1, 0.15) is 17.8 Å². The first-order chi connectivity index (χ1) is 4.96. The summed E-state index contributed by atoms with van der Waals surface area (Å²) < 4.78 is 4.57. The van der Waals surface area contributed by atoms with Crippen LogP contribution in [0.2, 0.25) is 0 Å². The summed E-state index contributed by atoms with van der Waals surface area (Å²) >= 11 is 0. The molecule has 0 aromatic rings. The Kier molecular flexibility index (Phi) is 2.17. The standard InChI is InChI=1S/C6H12O5/c1-6(10)4(8)3(7)2-11-5(6)9/h3-5,7-10H,2H2,1H3/t3-,4+,5?,6-/m1/s1. The van der Waals surface area contributed by atoms with Crippen LogP contribution in [-0.2, 0) is 4.74 Å². The molecule has 1 fully saturated rings. The summed E-state index contributed by atoms with van der Waals surface area (Å²) in [6.45, 7) is 1.03. The molecule has 0 radical (unpaired) electrons. The lowest BCUT2D eigenvalue weighted by Gasteiger charge is -2.40. The van der Waals surface area contributed by atoms with Crippen LogP contribution in [0.4, 0.5) is 0 Å². The van der Waals surface area contributed by atoms with Gasteiger partial charge in [-0.3, -0.25) is 0 Å². The van der Waals surface area contributed by atoms with Crippen molar-refractivity contribution in [3.8, 4) is 0 Å². The number of hydrogen-bond acceptors (Lipinski definition) is 5. The molecule has 0 bridgehead atoms. The van der Waals surface area contributed by atoms with Crippen LogP contribution in [0.5, 0.6) is 0 Å². The highest BCUT2D eigenvalue weighted by molar-refractivity contribution is 4.92. The first-order valence-corrected chi connectivity index (χ1v) is 3.34. The minimum absolute atomic E-state index is 0.168. The third kappa shape index (κ3) is 1.38. The minimum Gasteiger partial charge on any atom is -0.388 e. The van der Waals surface area contributed by atoms with Gasteiger partial charge in [0.25, 0.3) is 0 Å². The van der Waals surface area contributed by atoms with Gasteiger partial charge in [0, 0.05) is 0 Å². The van der Waals surface area contributed by atoms with Gasteiger partial charge in [-0.05, 0) is 6.92 Å². The molecule has 0 aromatic carbocycles. The van der Waals surface area contributed by atoms with Gasteiger partial charge >= 0.3 is 0 Å². The van der Waals surface area contributed by atoms with Crippen LogP contribution in [0.1, 0.15) is 6.92 Å². The number of ether oxygens (including phenoxy) is 1. The minimum atomic E-state index is -1.79. The molecule has 1 unspecified atom stereocenters. The van der Waals surface area contributed by atoms with E-state index in [1.807, 2.05) is 0 Å². The van der Waals surface area contributed by atoms with Crippen molar-refractivity contribution in [1.29, 1.82) is 0 Å². The predicted molar refractivity (Wildman–Crippen MR) is 34.6 cm³/mol. The van der Waals surface area contributed by atoms with Gasteiger partial charge in [-0.25, -0.2) is 0 Å². The van der Waals surface area contributed by atoms with Crippen LogP contribution in [0.3, 0.4) is 0 Å². The van der Waals surface area contributed by atoms with Gasteiger partial charge in [0.2, 0.25) is 0 Å². The molecule has 4 N–H and O–H groups in total. The summed E-state index contributed by atoms with van der Waals surface area (Å²) in [7, 11) is 0. The first kappa shape index (κ1) is 8.89. The number of aliphatic hydroxyl groups excluding tert-OH is 3. The number of aliphatic hydroxyl groups is 4. The molecule has 1 saturated heterocycles. The second-order valence-corrected chi connectivity index (χ2v) is 2.92. The molecule has 0 aromatic heterocycles. The molecule has 0 aliphatic carbocycles. The van der Waals surface area contributed by atoms with E-state index in [0.717, 1.165) is 0 Å². The molecule has 4 atom stereocenters. The van der Waals surface area contributed by atoms with E-state index in [4.69, 9.17) is 15.3 Å². The lowest BCUT2D eigenvalue weighted by molar-refractivity contribution is -0.295.